The van der Waals surface area contributed by atoms with Crippen LogP contribution in [0.15, 0.2) is 59.0 Å². The first-order valence-corrected chi connectivity index (χ1v) is 11.5. The van der Waals surface area contributed by atoms with Gasteiger partial charge in [0.2, 0.25) is 5.91 Å². The summed E-state index contributed by atoms with van der Waals surface area (Å²) in [7, 11) is 1.54. The van der Waals surface area contributed by atoms with Gasteiger partial charge in [-0.25, -0.2) is 9.18 Å². The van der Waals surface area contributed by atoms with Crippen LogP contribution in [0.25, 0.3) is 0 Å². The number of halogens is 1. The monoisotopic (exact) mass is 481 g/mol. The lowest BCUT2D eigenvalue weighted by molar-refractivity contribution is -0.133. The molecule has 3 amide bonds. The maximum atomic E-state index is 13.4. The number of amides is 3. The molecular formula is C27H32FN3O4. The average Bonchev–Trinajstić information content (AvgIpc) is 3.24. The van der Waals surface area contributed by atoms with E-state index in [2.05, 4.69) is 5.32 Å². The molecule has 3 aromatic rings. The molecule has 0 spiro atoms. The van der Waals surface area contributed by atoms with Crippen molar-refractivity contribution in [3.05, 3.63) is 88.6 Å². The zero-order chi connectivity index (χ0) is 25.4. The molecule has 0 saturated heterocycles. The summed E-state index contributed by atoms with van der Waals surface area (Å²) < 4.78 is 24.2. The van der Waals surface area contributed by atoms with Crippen LogP contribution in [0.4, 0.5) is 14.9 Å². The molecule has 1 aromatic heterocycles. The first-order chi connectivity index (χ1) is 16.8. The zero-order valence-electron chi connectivity index (χ0n) is 20.6. The lowest BCUT2D eigenvalue weighted by Gasteiger charge is -2.27. The zero-order valence-corrected chi connectivity index (χ0v) is 20.6. The van der Waals surface area contributed by atoms with Gasteiger partial charge in [0, 0.05) is 25.9 Å². The summed E-state index contributed by atoms with van der Waals surface area (Å²) in [6.45, 7) is 6.58. The van der Waals surface area contributed by atoms with Crippen molar-refractivity contribution in [2.45, 2.75) is 33.9 Å². The Morgan fingerprint density at radius 2 is 1.71 bits per heavy atom. The van der Waals surface area contributed by atoms with E-state index in [9.17, 15) is 14.0 Å². The van der Waals surface area contributed by atoms with E-state index in [1.54, 1.807) is 24.1 Å². The molecular weight excluding hydrogens is 449 g/mol. The average molecular weight is 482 g/mol. The van der Waals surface area contributed by atoms with Crippen molar-refractivity contribution in [1.82, 2.24) is 9.80 Å². The highest BCUT2D eigenvalue weighted by Gasteiger charge is 2.23. The number of benzene rings is 2. The van der Waals surface area contributed by atoms with Gasteiger partial charge >= 0.3 is 6.03 Å². The fourth-order valence-corrected chi connectivity index (χ4v) is 3.60. The van der Waals surface area contributed by atoms with Crippen LogP contribution < -0.4 is 5.32 Å². The summed E-state index contributed by atoms with van der Waals surface area (Å²) in [6.07, 6.45) is 0. The molecule has 0 saturated carbocycles. The van der Waals surface area contributed by atoms with E-state index in [4.69, 9.17) is 9.15 Å². The standard InChI is InChI=1S/C27H32FN3O4/c1-19-6-5-7-25(21(19)3)29-27(33)30(14-15-34-4)18-26(32)31(17-24-13-8-20(2)35-24)16-22-9-11-23(28)12-10-22/h5-13H,14-18H2,1-4H3,(H,29,33). The van der Waals surface area contributed by atoms with Gasteiger partial charge in [0.1, 0.15) is 23.9 Å². The number of rotatable bonds is 10. The molecule has 0 radical (unpaired) electrons. The second kappa shape index (κ2) is 12.2. The Morgan fingerprint density at radius 3 is 2.37 bits per heavy atom. The van der Waals surface area contributed by atoms with Gasteiger partial charge in [0.15, 0.2) is 0 Å². The Morgan fingerprint density at radius 1 is 0.971 bits per heavy atom. The topological polar surface area (TPSA) is 75.0 Å². The smallest absolute Gasteiger partial charge is 0.322 e. The molecule has 0 aliphatic heterocycles. The van der Waals surface area contributed by atoms with Crippen molar-refractivity contribution in [3.8, 4) is 0 Å². The van der Waals surface area contributed by atoms with E-state index in [1.165, 1.54) is 17.0 Å². The van der Waals surface area contributed by atoms with Crippen LogP contribution in [0.3, 0.4) is 0 Å². The Kier molecular flexibility index (Phi) is 9.03. The first kappa shape index (κ1) is 26.0. The normalized spacial score (nSPS) is 10.8. The van der Waals surface area contributed by atoms with Gasteiger partial charge in [-0.1, -0.05) is 24.3 Å². The van der Waals surface area contributed by atoms with E-state index in [0.717, 1.165) is 22.5 Å². The van der Waals surface area contributed by atoms with E-state index >= 15 is 0 Å². The summed E-state index contributed by atoms with van der Waals surface area (Å²) in [4.78, 5) is 29.6. The molecule has 1 N–H and O–H groups in total. The lowest BCUT2D eigenvalue weighted by atomic mass is 10.1. The van der Waals surface area contributed by atoms with Crippen molar-refractivity contribution in [2.24, 2.45) is 0 Å². The lowest BCUT2D eigenvalue weighted by Crippen LogP contribution is -2.45. The molecule has 8 heteroatoms. The van der Waals surface area contributed by atoms with Gasteiger partial charge in [-0.2, -0.15) is 0 Å². The van der Waals surface area contributed by atoms with Gasteiger partial charge in [0.25, 0.3) is 0 Å². The third kappa shape index (κ3) is 7.42. The van der Waals surface area contributed by atoms with Gasteiger partial charge in [-0.3, -0.25) is 4.79 Å². The van der Waals surface area contributed by atoms with E-state index in [1.807, 2.05) is 51.1 Å². The van der Waals surface area contributed by atoms with Crippen LogP contribution in [0, 0.1) is 26.6 Å². The van der Waals surface area contributed by atoms with Gasteiger partial charge in [0.05, 0.1) is 13.2 Å². The van der Waals surface area contributed by atoms with Crippen LogP contribution in [-0.4, -0.2) is 48.5 Å². The number of nitrogens with zero attached hydrogens (tertiary/aromatic N) is 2. The number of ether oxygens (including phenoxy) is 1. The summed E-state index contributed by atoms with van der Waals surface area (Å²) in [5, 5.41) is 2.91. The minimum absolute atomic E-state index is 0.152. The number of hydrogen-bond acceptors (Lipinski definition) is 4. The molecule has 186 valence electrons. The Hall–Kier alpha value is -3.65. The minimum atomic E-state index is -0.389. The highest BCUT2D eigenvalue weighted by molar-refractivity contribution is 5.93. The van der Waals surface area contributed by atoms with Crippen molar-refractivity contribution < 1.29 is 23.1 Å². The number of urea groups is 1. The third-order valence-electron chi connectivity index (χ3n) is 5.81. The van der Waals surface area contributed by atoms with Gasteiger partial charge in [-0.05, 0) is 67.8 Å². The Balaban J connectivity index is 1.78. The van der Waals surface area contributed by atoms with Crippen molar-refractivity contribution in [3.63, 3.8) is 0 Å². The number of carbonyl (C=O) groups is 2. The first-order valence-electron chi connectivity index (χ1n) is 11.5. The molecule has 0 aliphatic rings. The van der Waals surface area contributed by atoms with E-state index in [0.29, 0.717) is 11.4 Å². The second-order valence-electron chi connectivity index (χ2n) is 8.48. The largest absolute Gasteiger partial charge is 0.464 e. The van der Waals surface area contributed by atoms with Crippen LogP contribution in [0.2, 0.25) is 0 Å². The van der Waals surface area contributed by atoms with E-state index in [-0.39, 0.29) is 50.5 Å². The predicted molar refractivity (Wildman–Crippen MR) is 132 cm³/mol. The molecule has 0 bridgehead atoms. The molecule has 35 heavy (non-hydrogen) atoms. The number of hydrogen-bond donors (Lipinski definition) is 1. The molecule has 7 nitrogen and oxygen atoms in total. The summed E-state index contributed by atoms with van der Waals surface area (Å²) in [5.74, 6) is 0.753. The number of carbonyl (C=O) groups excluding carboxylic acids is 2. The maximum absolute atomic E-state index is 13.4. The van der Waals surface area contributed by atoms with Crippen molar-refractivity contribution in [1.29, 1.82) is 0 Å². The fraction of sp³-hybridized carbons (Fsp3) is 0.333. The van der Waals surface area contributed by atoms with Crippen LogP contribution in [-0.2, 0) is 22.6 Å². The number of furan rings is 1. The highest BCUT2D eigenvalue weighted by Crippen LogP contribution is 2.19. The number of anilines is 1. The minimum Gasteiger partial charge on any atom is -0.464 e. The van der Waals surface area contributed by atoms with Crippen LogP contribution >= 0.6 is 0 Å². The van der Waals surface area contributed by atoms with Crippen LogP contribution in [0.1, 0.15) is 28.2 Å². The number of nitrogens with one attached hydrogen (secondary N) is 1. The number of methoxy groups -OCH3 is 1. The molecule has 1 heterocycles. The summed E-state index contributed by atoms with van der Waals surface area (Å²) in [6, 6.07) is 14.9. The van der Waals surface area contributed by atoms with Crippen LogP contribution in [0.5, 0.6) is 0 Å². The molecule has 0 atom stereocenters. The Bertz CT molecular complexity index is 1140. The molecule has 0 aliphatic carbocycles. The van der Waals surface area contributed by atoms with E-state index < -0.39 is 0 Å². The predicted octanol–water partition coefficient (Wildman–Crippen LogP) is 5.05. The molecule has 3 rings (SSSR count). The molecule has 0 fully saturated rings. The second-order valence-corrected chi connectivity index (χ2v) is 8.48. The summed E-state index contributed by atoms with van der Waals surface area (Å²) in [5.41, 5.74) is 3.48. The molecule has 0 unspecified atom stereocenters. The third-order valence-corrected chi connectivity index (χ3v) is 5.81. The quantitative estimate of drug-likeness (QED) is 0.440. The SMILES string of the molecule is COCCN(CC(=O)N(Cc1ccc(F)cc1)Cc1ccc(C)o1)C(=O)Nc1cccc(C)c1C. The highest BCUT2D eigenvalue weighted by atomic mass is 19.1. The fourth-order valence-electron chi connectivity index (χ4n) is 3.60. The maximum Gasteiger partial charge on any atom is 0.322 e. The Labute approximate surface area is 205 Å². The summed E-state index contributed by atoms with van der Waals surface area (Å²) >= 11 is 0. The number of aryl methyl sites for hydroxylation is 2. The van der Waals surface area contributed by atoms with Crippen molar-refractivity contribution in [2.75, 3.05) is 32.1 Å². The molecule has 2 aromatic carbocycles. The van der Waals surface area contributed by atoms with Gasteiger partial charge < -0.3 is 24.3 Å². The van der Waals surface area contributed by atoms with Gasteiger partial charge in [-0.15, -0.1) is 0 Å². The van der Waals surface area contributed by atoms with Crippen molar-refractivity contribution >= 4 is 17.6 Å².